The molecule has 102 valence electrons. The highest BCUT2D eigenvalue weighted by atomic mass is 32.2. The lowest BCUT2D eigenvalue weighted by Gasteiger charge is -2.14. The van der Waals surface area contributed by atoms with Crippen molar-refractivity contribution in [2.45, 2.75) is 37.6 Å². The van der Waals surface area contributed by atoms with Gasteiger partial charge in [-0.2, -0.15) is 0 Å². The number of rotatable bonds is 6. The van der Waals surface area contributed by atoms with Gasteiger partial charge in [0.25, 0.3) is 0 Å². The number of nitrogen functional groups attached to an aromatic ring is 1. The molecule has 0 aliphatic carbocycles. The Bertz CT molecular complexity index is 500. The maximum absolute atomic E-state index is 12.1. The molecule has 0 amide bonds. The Morgan fingerprint density at radius 3 is 2.67 bits per heavy atom. The Labute approximate surface area is 108 Å². The molecule has 1 aromatic rings. The molecule has 0 radical (unpaired) electrons. The third-order valence-corrected chi connectivity index (χ3v) is 4.18. The highest BCUT2D eigenvalue weighted by molar-refractivity contribution is 7.89. The molecule has 1 aromatic carbocycles. The van der Waals surface area contributed by atoms with Crippen LogP contribution in [0.4, 0.5) is 5.69 Å². The number of hydrogen-bond donors (Lipinski definition) is 2. The molecule has 0 fully saturated rings. The number of benzene rings is 1. The smallest absolute Gasteiger partial charge is 0.240 e. The molecule has 0 aromatic heterocycles. The minimum atomic E-state index is -3.52. The largest absolute Gasteiger partial charge is 0.495 e. The van der Waals surface area contributed by atoms with Crippen LogP contribution in [0.5, 0.6) is 5.75 Å². The molecule has 5 nitrogen and oxygen atoms in total. The standard InChI is InChI=1S/C12H20N2O3S/c1-4-5-9(2)14-18(15,16)10-6-7-11(13)12(8-10)17-3/h6-9,14H,4-5,13H2,1-3H3. The number of methoxy groups -OCH3 is 1. The van der Waals surface area contributed by atoms with Crippen LogP contribution in [0.25, 0.3) is 0 Å². The third-order valence-electron chi connectivity index (χ3n) is 2.59. The van der Waals surface area contributed by atoms with Crippen LogP contribution in [0, 0.1) is 0 Å². The van der Waals surface area contributed by atoms with Crippen molar-refractivity contribution in [1.82, 2.24) is 4.72 Å². The third kappa shape index (κ3) is 3.61. The molecule has 1 unspecified atom stereocenters. The van der Waals surface area contributed by atoms with Crippen molar-refractivity contribution >= 4 is 15.7 Å². The van der Waals surface area contributed by atoms with Crippen LogP contribution in [0.3, 0.4) is 0 Å². The van der Waals surface area contributed by atoms with Crippen LogP contribution in [0.15, 0.2) is 23.1 Å². The molecule has 0 bridgehead atoms. The first kappa shape index (κ1) is 14.8. The van der Waals surface area contributed by atoms with Crippen molar-refractivity contribution in [3.63, 3.8) is 0 Å². The summed E-state index contributed by atoms with van der Waals surface area (Å²) in [6.45, 7) is 3.85. The number of nitrogens with two attached hydrogens (primary N) is 1. The molecule has 0 aliphatic rings. The molecule has 0 aliphatic heterocycles. The molecular weight excluding hydrogens is 252 g/mol. The van der Waals surface area contributed by atoms with E-state index in [0.29, 0.717) is 11.4 Å². The van der Waals surface area contributed by atoms with Gasteiger partial charge in [-0.25, -0.2) is 13.1 Å². The van der Waals surface area contributed by atoms with Gasteiger partial charge in [-0.1, -0.05) is 13.3 Å². The van der Waals surface area contributed by atoms with Gasteiger partial charge in [-0.3, -0.25) is 0 Å². The fourth-order valence-corrected chi connectivity index (χ4v) is 2.98. The zero-order valence-electron chi connectivity index (χ0n) is 10.9. The number of ether oxygens (including phenoxy) is 1. The first-order chi connectivity index (χ1) is 8.40. The van der Waals surface area contributed by atoms with Gasteiger partial charge in [-0.15, -0.1) is 0 Å². The van der Waals surface area contributed by atoms with Gasteiger partial charge in [0.15, 0.2) is 0 Å². The highest BCUT2D eigenvalue weighted by Gasteiger charge is 2.18. The molecule has 0 saturated heterocycles. The van der Waals surface area contributed by atoms with Crippen LogP contribution in [-0.4, -0.2) is 21.6 Å². The van der Waals surface area contributed by atoms with Crippen molar-refractivity contribution in [3.8, 4) is 5.75 Å². The Balaban J connectivity index is 2.98. The lowest BCUT2D eigenvalue weighted by atomic mass is 10.2. The zero-order valence-corrected chi connectivity index (χ0v) is 11.8. The van der Waals surface area contributed by atoms with Gasteiger partial charge in [0.1, 0.15) is 5.75 Å². The van der Waals surface area contributed by atoms with E-state index in [4.69, 9.17) is 10.5 Å². The van der Waals surface area contributed by atoms with Gasteiger partial charge in [0, 0.05) is 12.1 Å². The van der Waals surface area contributed by atoms with Gasteiger partial charge in [0.05, 0.1) is 17.7 Å². The molecule has 0 heterocycles. The van der Waals surface area contributed by atoms with Crippen molar-refractivity contribution in [2.75, 3.05) is 12.8 Å². The maximum Gasteiger partial charge on any atom is 0.240 e. The summed E-state index contributed by atoms with van der Waals surface area (Å²) in [5.41, 5.74) is 6.07. The summed E-state index contributed by atoms with van der Waals surface area (Å²) in [6.07, 6.45) is 1.72. The van der Waals surface area contributed by atoms with Crippen molar-refractivity contribution in [2.24, 2.45) is 0 Å². The molecule has 0 spiro atoms. The molecule has 0 saturated carbocycles. The minimum absolute atomic E-state index is 0.0939. The normalized spacial score (nSPS) is 13.3. The Morgan fingerprint density at radius 1 is 1.44 bits per heavy atom. The van der Waals surface area contributed by atoms with Crippen LogP contribution < -0.4 is 15.2 Å². The van der Waals surface area contributed by atoms with Crippen LogP contribution >= 0.6 is 0 Å². The predicted octanol–water partition coefficient (Wildman–Crippen LogP) is 1.74. The van der Waals surface area contributed by atoms with Gasteiger partial charge < -0.3 is 10.5 Å². The second-order valence-electron chi connectivity index (χ2n) is 4.21. The van der Waals surface area contributed by atoms with Crippen LogP contribution in [-0.2, 0) is 10.0 Å². The predicted molar refractivity (Wildman–Crippen MR) is 72.1 cm³/mol. The lowest BCUT2D eigenvalue weighted by Crippen LogP contribution is -2.32. The topological polar surface area (TPSA) is 81.4 Å². The first-order valence-electron chi connectivity index (χ1n) is 5.86. The van der Waals surface area contributed by atoms with Crippen LogP contribution in [0.2, 0.25) is 0 Å². The van der Waals surface area contributed by atoms with E-state index in [1.807, 2.05) is 13.8 Å². The van der Waals surface area contributed by atoms with Gasteiger partial charge in [-0.05, 0) is 25.5 Å². The Hall–Kier alpha value is -1.27. The molecule has 1 atom stereocenters. The van der Waals surface area contributed by atoms with Crippen LogP contribution in [0.1, 0.15) is 26.7 Å². The van der Waals surface area contributed by atoms with Gasteiger partial charge in [0.2, 0.25) is 10.0 Å². The summed E-state index contributed by atoms with van der Waals surface area (Å²) >= 11 is 0. The second kappa shape index (κ2) is 6.06. The number of anilines is 1. The summed E-state index contributed by atoms with van der Waals surface area (Å²) in [7, 11) is -2.06. The molecule has 1 rings (SSSR count). The van der Waals surface area contributed by atoms with E-state index in [1.165, 1.54) is 25.3 Å². The van der Waals surface area contributed by atoms with Crippen molar-refractivity contribution < 1.29 is 13.2 Å². The van der Waals surface area contributed by atoms with Crippen molar-refractivity contribution in [1.29, 1.82) is 0 Å². The van der Waals surface area contributed by atoms with E-state index in [2.05, 4.69) is 4.72 Å². The van der Waals surface area contributed by atoms with Crippen molar-refractivity contribution in [3.05, 3.63) is 18.2 Å². The first-order valence-corrected chi connectivity index (χ1v) is 7.35. The summed E-state index contributed by atoms with van der Waals surface area (Å²) in [5.74, 6) is 0.362. The fraction of sp³-hybridized carbons (Fsp3) is 0.500. The van der Waals surface area contributed by atoms with E-state index >= 15 is 0 Å². The molecule has 3 N–H and O–H groups in total. The number of nitrogens with one attached hydrogen (secondary N) is 1. The van der Waals surface area contributed by atoms with E-state index < -0.39 is 10.0 Å². The monoisotopic (exact) mass is 272 g/mol. The molecule has 6 heteroatoms. The average molecular weight is 272 g/mol. The van der Waals surface area contributed by atoms with E-state index in [1.54, 1.807) is 0 Å². The summed E-state index contributed by atoms with van der Waals surface area (Å²) in [6, 6.07) is 4.33. The SMILES string of the molecule is CCCC(C)NS(=O)(=O)c1ccc(N)c(OC)c1. The maximum atomic E-state index is 12.1. The fourth-order valence-electron chi connectivity index (χ4n) is 1.68. The number of hydrogen-bond acceptors (Lipinski definition) is 4. The quantitative estimate of drug-likeness (QED) is 0.773. The summed E-state index contributed by atoms with van der Waals surface area (Å²) in [5, 5.41) is 0. The lowest BCUT2D eigenvalue weighted by molar-refractivity contribution is 0.415. The molecular formula is C12H20N2O3S. The Morgan fingerprint density at radius 2 is 2.11 bits per heavy atom. The van der Waals surface area contributed by atoms with E-state index in [0.717, 1.165) is 12.8 Å². The minimum Gasteiger partial charge on any atom is -0.495 e. The van der Waals surface area contributed by atoms with E-state index in [9.17, 15) is 8.42 Å². The summed E-state index contributed by atoms with van der Waals surface area (Å²) in [4.78, 5) is 0.163. The number of sulfonamides is 1. The Kier molecular flexibility index (Phi) is 4.98. The summed E-state index contributed by atoms with van der Waals surface area (Å²) < 4.78 is 31.8. The van der Waals surface area contributed by atoms with E-state index in [-0.39, 0.29) is 10.9 Å². The average Bonchev–Trinajstić information content (AvgIpc) is 2.28. The zero-order chi connectivity index (χ0) is 13.8. The highest BCUT2D eigenvalue weighted by Crippen LogP contribution is 2.24. The second-order valence-corrected chi connectivity index (χ2v) is 5.93. The molecule has 18 heavy (non-hydrogen) atoms. The van der Waals surface area contributed by atoms with Gasteiger partial charge >= 0.3 is 0 Å².